The summed E-state index contributed by atoms with van der Waals surface area (Å²) in [6, 6.07) is 6.81. The molecule has 0 aliphatic heterocycles. The standard InChI is InChI=1S/C16H25NO2.ClH/c1-18-15-10-9-13(11-16(15)19-2)12-17-14-7-5-3-4-6-8-14;/h9-11,14,17H,3-8,12H2,1-2H3;1H. The van der Waals surface area contributed by atoms with Crippen LogP contribution in [0.4, 0.5) is 0 Å². The molecule has 1 aromatic rings. The minimum Gasteiger partial charge on any atom is -0.493 e. The van der Waals surface area contributed by atoms with Gasteiger partial charge in [0, 0.05) is 12.6 Å². The van der Waals surface area contributed by atoms with Crippen LogP contribution in [-0.2, 0) is 6.54 Å². The van der Waals surface area contributed by atoms with Gasteiger partial charge in [0.05, 0.1) is 14.2 Å². The summed E-state index contributed by atoms with van der Waals surface area (Å²) in [4.78, 5) is 0. The van der Waals surface area contributed by atoms with Crippen LogP contribution in [0.15, 0.2) is 18.2 Å². The van der Waals surface area contributed by atoms with E-state index in [1.807, 2.05) is 6.07 Å². The summed E-state index contributed by atoms with van der Waals surface area (Å²) in [6.45, 7) is 0.908. The van der Waals surface area contributed by atoms with Crippen LogP contribution in [0.3, 0.4) is 0 Å². The summed E-state index contributed by atoms with van der Waals surface area (Å²) in [5.41, 5.74) is 1.25. The first-order valence-electron chi connectivity index (χ1n) is 7.28. The fourth-order valence-corrected chi connectivity index (χ4v) is 2.74. The fourth-order valence-electron chi connectivity index (χ4n) is 2.74. The van der Waals surface area contributed by atoms with E-state index in [0.717, 1.165) is 18.0 Å². The van der Waals surface area contributed by atoms with Gasteiger partial charge in [0.15, 0.2) is 11.5 Å². The second kappa shape index (κ2) is 9.09. The highest BCUT2D eigenvalue weighted by molar-refractivity contribution is 5.85. The molecule has 1 N–H and O–H groups in total. The molecule has 0 heterocycles. The van der Waals surface area contributed by atoms with Crippen molar-refractivity contribution in [2.75, 3.05) is 14.2 Å². The van der Waals surface area contributed by atoms with Crippen molar-refractivity contribution in [1.82, 2.24) is 5.32 Å². The molecule has 1 aliphatic rings. The van der Waals surface area contributed by atoms with E-state index in [2.05, 4.69) is 17.4 Å². The van der Waals surface area contributed by atoms with Crippen LogP contribution in [0.1, 0.15) is 44.1 Å². The molecule has 0 spiro atoms. The lowest BCUT2D eigenvalue weighted by atomic mass is 10.1. The Morgan fingerprint density at radius 2 is 1.65 bits per heavy atom. The number of rotatable bonds is 5. The molecule has 1 aliphatic carbocycles. The molecule has 3 nitrogen and oxygen atoms in total. The van der Waals surface area contributed by atoms with Crippen LogP contribution in [0.25, 0.3) is 0 Å². The van der Waals surface area contributed by atoms with Gasteiger partial charge >= 0.3 is 0 Å². The van der Waals surface area contributed by atoms with Gasteiger partial charge in [-0.15, -0.1) is 12.4 Å². The molecule has 114 valence electrons. The largest absolute Gasteiger partial charge is 0.493 e. The van der Waals surface area contributed by atoms with Gasteiger partial charge in [0.2, 0.25) is 0 Å². The molecule has 1 fully saturated rings. The molecule has 0 amide bonds. The normalized spacial score (nSPS) is 16.1. The highest BCUT2D eigenvalue weighted by atomic mass is 35.5. The Labute approximate surface area is 128 Å². The molecule has 0 aromatic heterocycles. The Hall–Kier alpha value is -0.930. The van der Waals surface area contributed by atoms with E-state index < -0.39 is 0 Å². The van der Waals surface area contributed by atoms with Crippen molar-refractivity contribution in [2.45, 2.75) is 51.1 Å². The molecular weight excluding hydrogens is 274 g/mol. The monoisotopic (exact) mass is 299 g/mol. The van der Waals surface area contributed by atoms with Crippen LogP contribution in [0.5, 0.6) is 11.5 Å². The number of methoxy groups -OCH3 is 2. The lowest BCUT2D eigenvalue weighted by Crippen LogP contribution is -2.27. The van der Waals surface area contributed by atoms with Crippen molar-refractivity contribution in [3.8, 4) is 11.5 Å². The van der Waals surface area contributed by atoms with E-state index in [4.69, 9.17) is 9.47 Å². The Morgan fingerprint density at radius 3 is 2.25 bits per heavy atom. The van der Waals surface area contributed by atoms with Crippen molar-refractivity contribution in [2.24, 2.45) is 0 Å². The van der Waals surface area contributed by atoms with Gasteiger partial charge in [-0.05, 0) is 30.5 Å². The lowest BCUT2D eigenvalue weighted by molar-refractivity contribution is 0.354. The Morgan fingerprint density at radius 1 is 1.00 bits per heavy atom. The minimum atomic E-state index is 0. The predicted octanol–water partition coefficient (Wildman–Crippen LogP) is 3.94. The Bertz CT molecular complexity index is 390. The van der Waals surface area contributed by atoms with Crippen LogP contribution in [-0.4, -0.2) is 20.3 Å². The van der Waals surface area contributed by atoms with Gasteiger partial charge in [-0.25, -0.2) is 0 Å². The third-order valence-electron chi connectivity index (χ3n) is 3.90. The van der Waals surface area contributed by atoms with Crippen LogP contribution in [0.2, 0.25) is 0 Å². The number of halogens is 1. The second-order valence-electron chi connectivity index (χ2n) is 5.26. The zero-order valence-electron chi connectivity index (χ0n) is 12.5. The van der Waals surface area contributed by atoms with Crippen LogP contribution < -0.4 is 14.8 Å². The first-order chi connectivity index (χ1) is 9.33. The number of nitrogens with one attached hydrogen (secondary N) is 1. The van der Waals surface area contributed by atoms with E-state index in [9.17, 15) is 0 Å². The topological polar surface area (TPSA) is 30.5 Å². The summed E-state index contributed by atoms with van der Waals surface area (Å²) in [5, 5.41) is 3.67. The van der Waals surface area contributed by atoms with E-state index in [0.29, 0.717) is 6.04 Å². The lowest BCUT2D eigenvalue weighted by Gasteiger charge is -2.17. The number of ether oxygens (including phenoxy) is 2. The summed E-state index contributed by atoms with van der Waals surface area (Å²) >= 11 is 0. The van der Waals surface area contributed by atoms with Crippen molar-refractivity contribution in [3.63, 3.8) is 0 Å². The highest BCUT2D eigenvalue weighted by Crippen LogP contribution is 2.27. The number of hydrogen-bond donors (Lipinski definition) is 1. The molecule has 1 aromatic carbocycles. The molecule has 0 bridgehead atoms. The average Bonchev–Trinajstić information content (AvgIpc) is 2.73. The van der Waals surface area contributed by atoms with Gasteiger partial charge in [0.25, 0.3) is 0 Å². The number of hydrogen-bond acceptors (Lipinski definition) is 3. The average molecular weight is 300 g/mol. The molecule has 4 heteroatoms. The van der Waals surface area contributed by atoms with E-state index in [-0.39, 0.29) is 12.4 Å². The van der Waals surface area contributed by atoms with Crippen LogP contribution >= 0.6 is 12.4 Å². The summed E-state index contributed by atoms with van der Waals surface area (Å²) in [6.07, 6.45) is 8.15. The Balaban J connectivity index is 0.00000200. The van der Waals surface area contributed by atoms with Gasteiger partial charge in [-0.1, -0.05) is 31.7 Å². The van der Waals surface area contributed by atoms with Gasteiger partial charge in [-0.3, -0.25) is 0 Å². The first-order valence-corrected chi connectivity index (χ1v) is 7.28. The van der Waals surface area contributed by atoms with Crippen LogP contribution in [0, 0.1) is 0 Å². The quantitative estimate of drug-likeness (QED) is 0.836. The molecule has 2 rings (SSSR count). The van der Waals surface area contributed by atoms with Crippen molar-refractivity contribution < 1.29 is 9.47 Å². The molecular formula is C16H26ClNO2. The molecule has 0 unspecified atom stereocenters. The van der Waals surface area contributed by atoms with E-state index >= 15 is 0 Å². The second-order valence-corrected chi connectivity index (χ2v) is 5.26. The van der Waals surface area contributed by atoms with Gasteiger partial charge < -0.3 is 14.8 Å². The van der Waals surface area contributed by atoms with E-state index in [1.54, 1.807) is 14.2 Å². The fraction of sp³-hybridized carbons (Fsp3) is 0.625. The minimum absolute atomic E-state index is 0. The van der Waals surface area contributed by atoms with E-state index in [1.165, 1.54) is 44.1 Å². The maximum Gasteiger partial charge on any atom is 0.161 e. The SMILES string of the molecule is COc1ccc(CNC2CCCCCC2)cc1OC.Cl. The summed E-state index contributed by atoms with van der Waals surface area (Å²) in [7, 11) is 3.35. The maximum absolute atomic E-state index is 5.34. The smallest absolute Gasteiger partial charge is 0.161 e. The third kappa shape index (κ3) is 4.88. The number of benzene rings is 1. The zero-order chi connectivity index (χ0) is 13.5. The predicted molar refractivity (Wildman–Crippen MR) is 85.1 cm³/mol. The first kappa shape index (κ1) is 17.1. The molecule has 0 radical (unpaired) electrons. The van der Waals surface area contributed by atoms with Crippen molar-refractivity contribution >= 4 is 12.4 Å². The molecule has 0 saturated heterocycles. The Kier molecular flexibility index (Phi) is 7.78. The maximum atomic E-state index is 5.34. The molecule has 1 saturated carbocycles. The third-order valence-corrected chi connectivity index (χ3v) is 3.90. The zero-order valence-corrected chi connectivity index (χ0v) is 13.3. The van der Waals surface area contributed by atoms with Gasteiger partial charge in [-0.2, -0.15) is 0 Å². The molecule has 20 heavy (non-hydrogen) atoms. The summed E-state index contributed by atoms with van der Waals surface area (Å²) < 4.78 is 10.6. The summed E-state index contributed by atoms with van der Waals surface area (Å²) in [5.74, 6) is 1.60. The van der Waals surface area contributed by atoms with Gasteiger partial charge in [0.1, 0.15) is 0 Å². The van der Waals surface area contributed by atoms with Crippen molar-refractivity contribution in [1.29, 1.82) is 0 Å². The molecule has 0 atom stereocenters. The highest BCUT2D eigenvalue weighted by Gasteiger charge is 2.12. The van der Waals surface area contributed by atoms with Crippen molar-refractivity contribution in [3.05, 3.63) is 23.8 Å².